The van der Waals surface area contributed by atoms with Gasteiger partial charge in [-0.2, -0.15) is 0 Å². The highest BCUT2D eigenvalue weighted by Gasteiger charge is 2.44. The van der Waals surface area contributed by atoms with E-state index in [0.717, 1.165) is 5.56 Å². The van der Waals surface area contributed by atoms with Gasteiger partial charge in [-0.05, 0) is 77.1 Å². The van der Waals surface area contributed by atoms with Gasteiger partial charge in [0.05, 0.1) is 48.7 Å². The topological polar surface area (TPSA) is 184 Å². The van der Waals surface area contributed by atoms with E-state index in [0.29, 0.717) is 32.2 Å². The van der Waals surface area contributed by atoms with E-state index >= 15 is 0 Å². The van der Waals surface area contributed by atoms with Crippen molar-refractivity contribution in [2.24, 2.45) is 28.8 Å². The van der Waals surface area contributed by atoms with Crippen LogP contribution in [0.15, 0.2) is 35.4 Å². The van der Waals surface area contributed by atoms with Crippen molar-refractivity contribution in [1.82, 2.24) is 20.0 Å². The number of azide groups is 1. The smallest absolute Gasteiger partial charge is 0.310 e. The van der Waals surface area contributed by atoms with E-state index in [2.05, 4.69) is 15.3 Å². The number of esters is 1. The lowest BCUT2D eigenvalue weighted by atomic mass is 9.85. The van der Waals surface area contributed by atoms with Gasteiger partial charge in [-0.15, -0.1) is 0 Å². The second-order valence-corrected chi connectivity index (χ2v) is 17.8. The molecule has 10 atom stereocenters. The molecule has 1 aromatic rings. The van der Waals surface area contributed by atoms with Gasteiger partial charge in [0.15, 0.2) is 0 Å². The number of amides is 3. The third kappa shape index (κ3) is 14.6. The average Bonchev–Trinajstić information content (AvgIpc) is 3.65. The first-order chi connectivity index (χ1) is 27.6. The van der Waals surface area contributed by atoms with Crippen LogP contribution in [0.3, 0.4) is 0 Å². The summed E-state index contributed by atoms with van der Waals surface area (Å²) < 4.78 is 17.8. The van der Waals surface area contributed by atoms with Gasteiger partial charge in [-0.25, -0.2) is 0 Å². The highest BCUT2D eigenvalue weighted by atomic mass is 16.6. The van der Waals surface area contributed by atoms with Gasteiger partial charge < -0.3 is 29.3 Å². The SMILES string of the molecule is CC[C@H](C)[C@@H]([C@@H](CC(=O)N1CCC[C@H]1[C@H](OC)[C@@H](C)C(=O)C[C@@H](Cc1ccccc1)C(=O)OC(C)(C)C)OC)N(C)C(=O)[C@@H](NC(=O)[C@H](C(C)C)N(C)C)[C@H](C)N=[N+]=[N-]. The van der Waals surface area contributed by atoms with Gasteiger partial charge in [0, 0.05) is 45.1 Å². The van der Waals surface area contributed by atoms with Crippen molar-refractivity contribution in [3.63, 3.8) is 0 Å². The molecule has 1 aromatic carbocycles. The van der Waals surface area contributed by atoms with E-state index in [-0.39, 0.29) is 42.3 Å². The van der Waals surface area contributed by atoms with Crippen molar-refractivity contribution in [2.45, 2.75) is 149 Å². The molecule has 0 radical (unpaired) electrons. The van der Waals surface area contributed by atoms with Gasteiger partial charge >= 0.3 is 5.97 Å². The van der Waals surface area contributed by atoms with E-state index in [9.17, 15) is 29.5 Å². The number of Topliss-reactive ketones (excluding diaryl/α,β-unsaturated/α-hetero) is 1. The van der Waals surface area contributed by atoms with Gasteiger partial charge in [0.2, 0.25) is 17.7 Å². The monoisotopic (exact) mass is 828 g/mol. The number of methoxy groups -OCH3 is 2. The molecule has 0 aliphatic carbocycles. The van der Waals surface area contributed by atoms with Crippen LogP contribution < -0.4 is 5.32 Å². The summed E-state index contributed by atoms with van der Waals surface area (Å²) in [4.78, 5) is 77.6. The van der Waals surface area contributed by atoms with Gasteiger partial charge in [-0.1, -0.05) is 83.4 Å². The number of hydrogen-bond donors (Lipinski definition) is 1. The van der Waals surface area contributed by atoms with E-state index < -0.39 is 71.7 Å². The number of likely N-dealkylation sites (tertiary alicyclic amines) is 1. The van der Waals surface area contributed by atoms with Crippen molar-refractivity contribution in [1.29, 1.82) is 0 Å². The maximum Gasteiger partial charge on any atom is 0.310 e. The molecule has 1 heterocycles. The number of nitrogens with one attached hydrogen (secondary N) is 1. The first-order valence-corrected chi connectivity index (χ1v) is 21.1. The summed E-state index contributed by atoms with van der Waals surface area (Å²) >= 11 is 0. The Morgan fingerprint density at radius 3 is 2.12 bits per heavy atom. The van der Waals surface area contributed by atoms with Crippen LogP contribution in [0.5, 0.6) is 0 Å². The molecule has 0 bridgehead atoms. The normalized spacial score (nSPS) is 19.1. The lowest BCUT2D eigenvalue weighted by Crippen LogP contribution is -2.60. The summed E-state index contributed by atoms with van der Waals surface area (Å²) in [7, 11) is 8.25. The zero-order chi connectivity index (χ0) is 44.8. The fourth-order valence-electron chi connectivity index (χ4n) is 8.42. The maximum absolute atomic E-state index is 14.4. The summed E-state index contributed by atoms with van der Waals surface area (Å²) in [5, 5.41) is 6.65. The van der Waals surface area contributed by atoms with Crippen molar-refractivity contribution in [3.05, 3.63) is 46.3 Å². The molecule has 1 fully saturated rings. The third-order valence-corrected chi connectivity index (χ3v) is 11.6. The Labute approximate surface area is 352 Å². The molecule has 0 spiro atoms. The summed E-state index contributed by atoms with van der Waals surface area (Å²) in [6.45, 7) is 17.0. The van der Waals surface area contributed by atoms with E-state index in [1.54, 1.807) is 65.6 Å². The zero-order valence-electron chi connectivity index (χ0n) is 38.1. The second-order valence-electron chi connectivity index (χ2n) is 17.8. The summed E-state index contributed by atoms with van der Waals surface area (Å²) in [5.41, 5.74) is 9.49. The molecular formula is C44H73N7O8. The number of ether oxygens (including phenoxy) is 3. The van der Waals surface area contributed by atoms with Crippen LogP contribution in [-0.2, 0) is 44.6 Å². The summed E-state index contributed by atoms with van der Waals surface area (Å²) in [5.74, 6) is -3.17. The maximum atomic E-state index is 14.4. The van der Waals surface area contributed by atoms with Gasteiger partial charge in [0.25, 0.3) is 0 Å². The van der Waals surface area contributed by atoms with Gasteiger partial charge in [-0.3, -0.25) is 28.9 Å². The first kappa shape index (κ1) is 51.1. The number of hydrogen-bond acceptors (Lipinski definition) is 10. The minimum Gasteiger partial charge on any atom is -0.460 e. The van der Waals surface area contributed by atoms with E-state index in [1.165, 1.54) is 19.1 Å². The highest BCUT2D eigenvalue weighted by molar-refractivity contribution is 5.91. The predicted octanol–water partition coefficient (Wildman–Crippen LogP) is 5.84. The average molecular weight is 828 g/mol. The highest BCUT2D eigenvalue weighted by Crippen LogP contribution is 2.31. The number of benzene rings is 1. The molecular weight excluding hydrogens is 755 g/mol. The van der Waals surface area contributed by atoms with Crippen LogP contribution in [0.25, 0.3) is 10.4 Å². The molecule has 2 rings (SSSR count). The number of likely N-dealkylation sites (N-methyl/N-ethyl adjacent to an activating group) is 2. The van der Waals surface area contributed by atoms with Crippen molar-refractivity contribution in [3.8, 4) is 0 Å². The Kier molecular flexibility index (Phi) is 20.5. The summed E-state index contributed by atoms with van der Waals surface area (Å²) in [6, 6.07) is 5.92. The third-order valence-electron chi connectivity index (χ3n) is 11.6. The van der Waals surface area contributed by atoms with Gasteiger partial charge in [0.1, 0.15) is 17.4 Å². The molecule has 1 saturated heterocycles. The van der Waals surface area contributed by atoms with E-state index in [4.69, 9.17) is 14.2 Å². The molecule has 59 heavy (non-hydrogen) atoms. The second kappa shape index (κ2) is 23.7. The Balaban J connectivity index is 2.36. The molecule has 1 aliphatic heterocycles. The molecule has 15 heteroatoms. The minimum atomic E-state index is -1.17. The zero-order valence-corrected chi connectivity index (χ0v) is 38.1. The lowest BCUT2D eigenvalue weighted by molar-refractivity contribution is -0.161. The van der Waals surface area contributed by atoms with E-state index in [1.807, 2.05) is 58.0 Å². The molecule has 1 N–H and O–H groups in total. The molecule has 1 aliphatic rings. The molecule has 0 unspecified atom stereocenters. The molecule has 3 amide bonds. The first-order valence-electron chi connectivity index (χ1n) is 21.1. The number of ketones is 1. The van der Waals surface area contributed by atoms with Crippen LogP contribution in [-0.4, -0.2) is 134 Å². The number of rotatable bonds is 23. The van der Waals surface area contributed by atoms with Crippen molar-refractivity contribution >= 4 is 29.5 Å². The van der Waals surface area contributed by atoms with Crippen molar-refractivity contribution in [2.75, 3.05) is 41.9 Å². The predicted molar refractivity (Wildman–Crippen MR) is 228 cm³/mol. The Morgan fingerprint density at radius 2 is 1.61 bits per heavy atom. The van der Waals surface area contributed by atoms with Crippen LogP contribution in [0.4, 0.5) is 0 Å². The van der Waals surface area contributed by atoms with Crippen molar-refractivity contribution < 1.29 is 38.2 Å². The van der Waals surface area contributed by atoms with Crippen LogP contribution in [0.2, 0.25) is 0 Å². The Hall–Kier alpha value is -4.04. The largest absolute Gasteiger partial charge is 0.460 e. The van der Waals surface area contributed by atoms with Crippen LogP contribution in [0, 0.1) is 23.7 Å². The van der Waals surface area contributed by atoms with Crippen LogP contribution >= 0.6 is 0 Å². The molecule has 15 nitrogen and oxygen atoms in total. The Morgan fingerprint density at radius 1 is 0.983 bits per heavy atom. The van der Waals surface area contributed by atoms with Crippen LogP contribution in [0.1, 0.15) is 100.0 Å². The fraction of sp³-hybridized carbons (Fsp3) is 0.750. The Bertz CT molecular complexity index is 1570. The number of nitrogens with zero attached hydrogens (tertiary/aromatic N) is 6. The minimum absolute atomic E-state index is 0.0405. The fourth-order valence-corrected chi connectivity index (χ4v) is 8.42. The number of carbonyl (C=O) groups is 5. The quantitative estimate of drug-likeness (QED) is 0.0614. The lowest BCUT2D eigenvalue weighted by Gasteiger charge is -2.41. The molecule has 0 aromatic heterocycles. The standard InChI is InChI=1S/C44H73N7O8/c1-15-28(4)39(50(12)42(55)37(30(6)47-48-45)46-41(54)38(27(2)3)49(10)11)35(57-13)26-36(53)51-23-19-22-33(51)40(58-14)29(5)34(52)25-32(43(56)59-44(7,8)9)24-31-20-17-16-18-21-31/h16-18,20-21,27-30,32-33,35,37-40H,15,19,22-26H2,1-14H3,(H,46,54)/t28-,29-,30-,32+,33-,35+,37-,38-,39-,40+/m0/s1. The molecule has 0 saturated carbocycles. The number of carbonyl (C=O) groups excluding carboxylic acids is 5. The summed E-state index contributed by atoms with van der Waals surface area (Å²) in [6.07, 6.45) is 0.853. The molecule has 332 valence electrons.